The molecule has 23 heavy (non-hydrogen) atoms. The molecule has 0 saturated carbocycles. The Balaban J connectivity index is 1.61. The largest absolute Gasteiger partial charge is 0.361 e. The molecule has 2 heteroatoms. The molecule has 2 heterocycles. The van der Waals surface area contributed by atoms with Crippen molar-refractivity contribution >= 4 is 21.8 Å². The first-order valence-electron chi connectivity index (χ1n) is 8.40. The Hall–Kier alpha value is -2.48. The molecule has 0 aliphatic carbocycles. The van der Waals surface area contributed by atoms with Crippen molar-refractivity contribution in [1.29, 1.82) is 0 Å². The van der Waals surface area contributed by atoms with Crippen LogP contribution in [-0.4, -0.2) is 9.97 Å². The highest BCUT2D eigenvalue weighted by atomic mass is 14.7. The number of benzene rings is 2. The third kappa shape index (κ3) is 2.55. The molecule has 2 nitrogen and oxygen atoms in total. The van der Waals surface area contributed by atoms with E-state index in [1.54, 1.807) is 0 Å². The molecule has 0 unspecified atom stereocenters. The first-order chi connectivity index (χ1) is 11.2. The number of fused-ring (bicyclic) bond motifs is 2. The molecule has 0 atom stereocenters. The van der Waals surface area contributed by atoms with Crippen molar-refractivity contribution in [2.24, 2.45) is 0 Å². The molecule has 0 saturated heterocycles. The maximum atomic E-state index is 3.39. The average Bonchev–Trinajstić information content (AvgIpc) is 3.15. The van der Waals surface area contributed by atoms with E-state index in [0.717, 1.165) is 19.3 Å². The van der Waals surface area contributed by atoms with Crippen LogP contribution in [-0.2, 0) is 19.3 Å². The Morgan fingerprint density at radius 2 is 1.48 bits per heavy atom. The van der Waals surface area contributed by atoms with Crippen LogP contribution < -0.4 is 0 Å². The van der Waals surface area contributed by atoms with Crippen LogP contribution in [0.15, 0.2) is 48.8 Å². The van der Waals surface area contributed by atoms with Crippen molar-refractivity contribution in [1.82, 2.24) is 9.97 Å². The highest BCUT2D eigenvalue weighted by Crippen LogP contribution is 2.24. The maximum absolute atomic E-state index is 3.39. The second-order valence-electron chi connectivity index (χ2n) is 6.41. The quantitative estimate of drug-likeness (QED) is 0.512. The number of aryl methyl sites for hydroxylation is 4. The fourth-order valence-corrected chi connectivity index (χ4v) is 3.45. The summed E-state index contributed by atoms with van der Waals surface area (Å²) in [5, 5.41) is 2.74. The van der Waals surface area contributed by atoms with Crippen molar-refractivity contribution in [3.63, 3.8) is 0 Å². The van der Waals surface area contributed by atoms with Gasteiger partial charge in [0.05, 0.1) is 0 Å². The van der Waals surface area contributed by atoms with Gasteiger partial charge in [-0.2, -0.15) is 0 Å². The minimum atomic E-state index is 1.07. The standard InChI is InChI=1S/C21H22N2/c1-3-16-12-22-21-9-6-15(11-19(16)21)5-7-17-13-23-20-8-4-14(2)10-18(17)20/h4,6,8-13,22-23H,3,5,7H2,1-2H3. The van der Waals surface area contributed by atoms with Crippen molar-refractivity contribution in [2.75, 3.05) is 0 Å². The summed E-state index contributed by atoms with van der Waals surface area (Å²) in [5.41, 5.74) is 8.03. The number of hydrogen-bond acceptors (Lipinski definition) is 0. The lowest BCUT2D eigenvalue weighted by Gasteiger charge is -2.03. The van der Waals surface area contributed by atoms with E-state index in [0.29, 0.717) is 0 Å². The van der Waals surface area contributed by atoms with Gasteiger partial charge in [0.1, 0.15) is 0 Å². The van der Waals surface area contributed by atoms with E-state index in [-0.39, 0.29) is 0 Å². The fraction of sp³-hybridized carbons (Fsp3) is 0.238. The Bertz CT molecular complexity index is 972. The van der Waals surface area contributed by atoms with Gasteiger partial charge in [-0.1, -0.05) is 24.6 Å². The lowest BCUT2D eigenvalue weighted by Crippen LogP contribution is -1.91. The van der Waals surface area contributed by atoms with E-state index < -0.39 is 0 Å². The van der Waals surface area contributed by atoms with E-state index in [2.05, 4.69) is 72.6 Å². The highest BCUT2D eigenvalue weighted by molar-refractivity contribution is 5.85. The molecule has 0 aliphatic heterocycles. The third-order valence-electron chi connectivity index (χ3n) is 4.82. The number of aromatic amines is 2. The van der Waals surface area contributed by atoms with Gasteiger partial charge < -0.3 is 9.97 Å². The van der Waals surface area contributed by atoms with Gasteiger partial charge in [0.2, 0.25) is 0 Å². The summed E-state index contributed by atoms with van der Waals surface area (Å²) in [7, 11) is 0. The molecular formula is C21H22N2. The van der Waals surface area contributed by atoms with Gasteiger partial charge in [-0.15, -0.1) is 0 Å². The van der Waals surface area contributed by atoms with Crippen LogP contribution in [0.4, 0.5) is 0 Å². The molecule has 4 aromatic rings. The van der Waals surface area contributed by atoms with E-state index in [1.807, 2.05) is 0 Å². The van der Waals surface area contributed by atoms with Crippen LogP contribution in [0.1, 0.15) is 29.2 Å². The van der Waals surface area contributed by atoms with Gasteiger partial charge in [-0.05, 0) is 67.1 Å². The fourth-order valence-electron chi connectivity index (χ4n) is 3.45. The van der Waals surface area contributed by atoms with Gasteiger partial charge in [0.25, 0.3) is 0 Å². The lowest BCUT2D eigenvalue weighted by atomic mass is 10.0. The van der Waals surface area contributed by atoms with E-state index in [4.69, 9.17) is 0 Å². The lowest BCUT2D eigenvalue weighted by molar-refractivity contribution is 0.970. The summed E-state index contributed by atoms with van der Waals surface area (Å²) in [6.45, 7) is 4.37. The Morgan fingerprint density at radius 3 is 2.26 bits per heavy atom. The number of nitrogens with one attached hydrogen (secondary N) is 2. The topological polar surface area (TPSA) is 31.6 Å². The van der Waals surface area contributed by atoms with Crippen LogP contribution >= 0.6 is 0 Å². The molecule has 0 bridgehead atoms. The van der Waals surface area contributed by atoms with Crippen molar-refractivity contribution < 1.29 is 0 Å². The summed E-state index contributed by atoms with van der Waals surface area (Å²) in [4.78, 5) is 6.75. The SMILES string of the molecule is CCc1c[nH]c2ccc(CCc3c[nH]c4ccc(C)cc34)cc12. The molecule has 116 valence electrons. The molecule has 4 rings (SSSR count). The normalized spacial score (nSPS) is 11.6. The van der Waals surface area contributed by atoms with Crippen LogP contribution in [0.2, 0.25) is 0 Å². The van der Waals surface area contributed by atoms with E-state index >= 15 is 0 Å². The number of aromatic nitrogens is 2. The Morgan fingerprint density at radius 1 is 0.783 bits per heavy atom. The van der Waals surface area contributed by atoms with Gasteiger partial charge in [0.15, 0.2) is 0 Å². The number of hydrogen-bond donors (Lipinski definition) is 2. The van der Waals surface area contributed by atoms with Crippen LogP contribution in [0.5, 0.6) is 0 Å². The zero-order valence-electron chi connectivity index (χ0n) is 13.7. The van der Waals surface area contributed by atoms with Gasteiger partial charge in [0, 0.05) is 34.2 Å². The molecule has 0 spiro atoms. The molecule has 2 aromatic carbocycles. The van der Waals surface area contributed by atoms with Crippen molar-refractivity contribution in [3.8, 4) is 0 Å². The van der Waals surface area contributed by atoms with Crippen molar-refractivity contribution in [3.05, 3.63) is 71.0 Å². The summed E-state index contributed by atoms with van der Waals surface area (Å²) >= 11 is 0. The molecule has 2 aromatic heterocycles. The predicted octanol–water partition coefficient (Wildman–Crippen LogP) is 5.31. The third-order valence-corrected chi connectivity index (χ3v) is 4.82. The average molecular weight is 302 g/mol. The summed E-state index contributed by atoms with van der Waals surface area (Å²) < 4.78 is 0. The van der Waals surface area contributed by atoms with Crippen LogP contribution in [0, 0.1) is 6.92 Å². The Kier molecular flexibility index (Phi) is 3.45. The van der Waals surface area contributed by atoms with Gasteiger partial charge >= 0.3 is 0 Å². The first kappa shape index (κ1) is 14.1. The van der Waals surface area contributed by atoms with E-state index in [1.165, 1.54) is 44.1 Å². The van der Waals surface area contributed by atoms with Gasteiger partial charge in [-0.3, -0.25) is 0 Å². The maximum Gasteiger partial charge on any atom is 0.0456 e. The highest BCUT2D eigenvalue weighted by Gasteiger charge is 2.06. The molecule has 0 fully saturated rings. The Labute approximate surface area is 136 Å². The predicted molar refractivity (Wildman–Crippen MR) is 98.1 cm³/mol. The number of rotatable bonds is 4. The molecule has 2 N–H and O–H groups in total. The molecular weight excluding hydrogens is 280 g/mol. The zero-order chi connectivity index (χ0) is 15.8. The second kappa shape index (κ2) is 5.62. The smallest absolute Gasteiger partial charge is 0.0456 e. The molecule has 0 aliphatic rings. The monoisotopic (exact) mass is 302 g/mol. The molecule has 0 amide bonds. The van der Waals surface area contributed by atoms with Crippen LogP contribution in [0.3, 0.4) is 0 Å². The van der Waals surface area contributed by atoms with E-state index in [9.17, 15) is 0 Å². The van der Waals surface area contributed by atoms with Crippen molar-refractivity contribution in [2.45, 2.75) is 33.1 Å². The minimum Gasteiger partial charge on any atom is -0.361 e. The molecule has 0 radical (unpaired) electrons. The summed E-state index contributed by atoms with van der Waals surface area (Å²) in [6, 6.07) is 13.4. The second-order valence-corrected chi connectivity index (χ2v) is 6.41. The summed E-state index contributed by atoms with van der Waals surface area (Å²) in [5.74, 6) is 0. The summed E-state index contributed by atoms with van der Waals surface area (Å²) in [6.07, 6.45) is 7.52. The minimum absolute atomic E-state index is 1.07. The van der Waals surface area contributed by atoms with Crippen LogP contribution in [0.25, 0.3) is 21.8 Å². The van der Waals surface area contributed by atoms with Gasteiger partial charge in [-0.25, -0.2) is 0 Å². The zero-order valence-corrected chi connectivity index (χ0v) is 13.7. The number of H-pyrrole nitrogens is 2. The first-order valence-corrected chi connectivity index (χ1v) is 8.40.